The zero-order valence-electron chi connectivity index (χ0n) is 15.8. The number of ether oxygens (including phenoxy) is 1. The van der Waals surface area contributed by atoms with Crippen LogP contribution in [0.3, 0.4) is 0 Å². The molecule has 3 aromatic rings. The van der Waals surface area contributed by atoms with Crippen molar-refractivity contribution >= 4 is 22.4 Å². The van der Waals surface area contributed by atoms with Gasteiger partial charge in [0.25, 0.3) is 0 Å². The first kappa shape index (κ1) is 19.8. The molecule has 0 aliphatic carbocycles. The molecule has 0 aliphatic heterocycles. The number of nitrogens with one attached hydrogen (secondary N) is 1. The molecule has 0 spiro atoms. The van der Waals surface area contributed by atoms with Crippen LogP contribution in [0.15, 0.2) is 59.2 Å². The summed E-state index contributed by atoms with van der Waals surface area (Å²) in [6.45, 7) is 2.07. The molecule has 146 valence electrons. The lowest BCUT2D eigenvalue weighted by atomic mass is 10.1. The van der Waals surface area contributed by atoms with Gasteiger partial charge in [0.05, 0.1) is 18.6 Å². The summed E-state index contributed by atoms with van der Waals surface area (Å²) in [5.41, 5.74) is 3.23. The fourth-order valence-corrected chi connectivity index (χ4v) is 3.55. The van der Waals surface area contributed by atoms with E-state index < -0.39 is 10.8 Å². The van der Waals surface area contributed by atoms with E-state index in [0.29, 0.717) is 17.3 Å². The van der Waals surface area contributed by atoms with E-state index in [1.54, 1.807) is 7.11 Å². The molecule has 6 nitrogen and oxygen atoms in total. The van der Waals surface area contributed by atoms with Crippen molar-refractivity contribution in [1.29, 1.82) is 0 Å². The minimum Gasteiger partial charge on any atom is -0.497 e. The number of methoxy groups -OCH3 is 1. The monoisotopic (exact) mass is 398 g/mol. The number of amides is 1. The van der Waals surface area contributed by atoms with Crippen molar-refractivity contribution in [2.45, 2.75) is 19.1 Å². The second-order valence-electron chi connectivity index (χ2n) is 6.20. The molecule has 0 fully saturated rings. The molecule has 1 heterocycles. The van der Waals surface area contributed by atoms with Crippen molar-refractivity contribution in [1.82, 2.24) is 4.98 Å². The molecule has 7 heteroatoms. The van der Waals surface area contributed by atoms with Crippen LogP contribution in [0.25, 0.3) is 11.5 Å². The first-order valence-electron chi connectivity index (χ1n) is 8.90. The predicted octanol–water partition coefficient (Wildman–Crippen LogP) is 3.80. The molecule has 1 atom stereocenters. The Morgan fingerprint density at radius 1 is 1.14 bits per heavy atom. The first-order chi connectivity index (χ1) is 13.6. The molecule has 1 unspecified atom stereocenters. The molecular weight excluding hydrogens is 376 g/mol. The molecular formula is C21H22N2O4S. The van der Waals surface area contributed by atoms with Crippen molar-refractivity contribution in [3.05, 3.63) is 66.1 Å². The third kappa shape index (κ3) is 5.29. The van der Waals surface area contributed by atoms with Crippen molar-refractivity contribution in [2.24, 2.45) is 0 Å². The largest absolute Gasteiger partial charge is 0.497 e. The maximum absolute atomic E-state index is 12.3. The molecule has 1 N–H and O–H groups in total. The Balaban J connectivity index is 1.54. The van der Waals surface area contributed by atoms with Crippen molar-refractivity contribution < 1.29 is 18.2 Å². The number of anilines is 1. The topological polar surface area (TPSA) is 81.4 Å². The summed E-state index contributed by atoms with van der Waals surface area (Å²) in [4.78, 5) is 16.4. The third-order valence-corrected chi connectivity index (χ3v) is 5.34. The molecule has 3 rings (SSSR count). The normalized spacial score (nSPS) is 11.8. The summed E-state index contributed by atoms with van der Waals surface area (Å²) in [6.07, 6.45) is 2.41. The van der Waals surface area contributed by atoms with E-state index in [9.17, 15) is 9.00 Å². The molecule has 0 bridgehead atoms. The highest BCUT2D eigenvalue weighted by Gasteiger charge is 2.13. The van der Waals surface area contributed by atoms with Gasteiger partial charge in [-0.3, -0.25) is 9.00 Å². The van der Waals surface area contributed by atoms with E-state index in [1.807, 2.05) is 48.5 Å². The fourth-order valence-electron chi connectivity index (χ4n) is 2.62. The molecule has 28 heavy (non-hydrogen) atoms. The van der Waals surface area contributed by atoms with Crippen LogP contribution in [0.4, 0.5) is 5.69 Å². The van der Waals surface area contributed by atoms with E-state index in [4.69, 9.17) is 9.15 Å². The quantitative estimate of drug-likeness (QED) is 0.624. The average molecular weight is 398 g/mol. The van der Waals surface area contributed by atoms with Crippen molar-refractivity contribution in [3.63, 3.8) is 0 Å². The number of nitrogens with zero attached hydrogens (tertiary/aromatic N) is 1. The molecule has 0 saturated heterocycles. The van der Waals surface area contributed by atoms with Gasteiger partial charge in [0.15, 0.2) is 0 Å². The van der Waals surface area contributed by atoms with Gasteiger partial charge < -0.3 is 14.5 Å². The second-order valence-corrected chi connectivity index (χ2v) is 7.66. The van der Waals surface area contributed by atoms with Gasteiger partial charge in [-0.2, -0.15) is 0 Å². The zero-order chi connectivity index (χ0) is 19.9. The standard InChI is InChI=1S/C21H22N2O4S/c1-3-15-4-8-17(9-5-15)22-20(24)14-28(25)13-18-12-27-21(23-18)16-6-10-19(26-2)11-7-16/h4-12H,3,13-14H2,1-2H3,(H,22,24). The van der Waals surface area contributed by atoms with Gasteiger partial charge in [0.2, 0.25) is 11.8 Å². The lowest BCUT2D eigenvalue weighted by Gasteiger charge is -2.05. The van der Waals surface area contributed by atoms with Crippen LogP contribution in [0.1, 0.15) is 18.2 Å². The highest BCUT2D eigenvalue weighted by Crippen LogP contribution is 2.22. The lowest BCUT2D eigenvalue weighted by Crippen LogP contribution is -2.20. The van der Waals surface area contributed by atoms with E-state index in [1.165, 1.54) is 11.8 Å². The minimum absolute atomic E-state index is 0.0970. The van der Waals surface area contributed by atoms with Crippen LogP contribution in [0.5, 0.6) is 5.75 Å². The zero-order valence-corrected chi connectivity index (χ0v) is 16.6. The highest BCUT2D eigenvalue weighted by molar-refractivity contribution is 7.84. The van der Waals surface area contributed by atoms with E-state index >= 15 is 0 Å². The van der Waals surface area contributed by atoms with Crippen LogP contribution >= 0.6 is 0 Å². The van der Waals surface area contributed by atoms with Gasteiger partial charge in [0, 0.05) is 22.1 Å². The number of benzene rings is 2. The Labute approximate surface area is 166 Å². The van der Waals surface area contributed by atoms with E-state index in [2.05, 4.69) is 17.2 Å². The lowest BCUT2D eigenvalue weighted by molar-refractivity contribution is -0.113. The van der Waals surface area contributed by atoms with Gasteiger partial charge in [-0.05, 0) is 48.4 Å². The van der Waals surface area contributed by atoms with Crippen LogP contribution in [-0.2, 0) is 27.8 Å². The number of aryl methyl sites for hydroxylation is 1. The SMILES string of the molecule is CCc1ccc(NC(=O)CS(=O)Cc2coc(-c3ccc(OC)cc3)n2)cc1. The van der Waals surface area contributed by atoms with Crippen molar-refractivity contribution in [2.75, 3.05) is 18.2 Å². The average Bonchev–Trinajstić information content (AvgIpc) is 3.16. The Hall–Kier alpha value is -2.93. The Kier molecular flexibility index (Phi) is 6.60. The number of carbonyl (C=O) groups excluding carboxylic acids is 1. The Morgan fingerprint density at radius 3 is 2.50 bits per heavy atom. The molecule has 0 aliphatic rings. The maximum atomic E-state index is 12.3. The molecule has 0 radical (unpaired) electrons. The van der Waals surface area contributed by atoms with Gasteiger partial charge >= 0.3 is 0 Å². The smallest absolute Gasteiger partial charge is 0.237 e. The predicted molar refractivity (Wildman–Crippen MR) is 110 cm³/mol. The van der Waals surface area contributed by atoms with Crippen LogP contribution in [0, 0.1) is 0 Å². The minimum atomic E-state index is -1.38. The molecule has 2 aromatic carbocycles. The number of hydrogen-bond acceptors (Lipinski definition) is 5. The Morgan fingerprint density at radius 2 is 1.86 bits per heavy atom. The highest BCUT2D eigenvalue weighted by atomic mass is 32.2. The number of oxazole rings is 1. The van der Waals surface area contributed by atoms with Gasteiger partial charge in [-0.1, -0.05) is 19.1 Å². The summed E-state index contributed by atoms with van der Waals surface area (Å²) in [5, 5.41) is 2.76. The van der Waals surface area contributed by atoms with Crippen LogP contribution < -0.4 is 10.1 Å². The molecule has 1 amide bonds. The van der Waals surface area contributed by atoms with Gasteiger partial charge in [-0.25, -0.2) is 4.98 Å². The molecule has 0 saturated carbocycles. The summed E-state index contributed by atoms with van der Waals surface area (Å²) >= 11 is 0. The summed E-state index contributed by atoms with van der Waals surface area (Å²) in [5.74, 6) is 0.950. The molecule has 1 aromatic heterocycles. The van der Waals surface area contributed by atoms with Gasteiger partial charge in [-0.15, -0.1) is 0 Å². The first-order valence-corrected chi connectivity index (χ1v) is 10.4. The van der Waals surface area contributed by atoms with E-state index in [-0.39, 0.29) is 17.4 Å². The third-order valence-electron chi connectivity index (χ3n) is 4.14. The van der Waals surface area contributed by atoms with Gasteiger partial charge in [0.1, 0.15) is 17.8 Å². The fraction of sp³-hybridized carbons (Fsp3) is 0.238. The number of carbonyl (C=O) groups is 1. The van der Waals surface area contributed by atoms with Crippen molar-refractivity contribution in [3.8, 4) is 17.2 Å². The summed E-state index contributed by atoms with van der Waals surface area (Å²) < 4.78 is 22.9. The number of aromatic nitrogens is 1. The second kappa shape index (κ2) is 9.32. The number of hydrogen-bond donors (Lipinski definition) is 1. The van der Waals surface area contributed by atoms with Crippen LogP contribution in [-0.4, -0.2) is 28.0 Å². The summed E-state index contributed by atoms with van der Waals surface area (Å²) in [7, 11) is 0.218. The van der Waals surface area contributed by atoms with Crippen LogP contribution in [0.2, 0.25) is 0 Å². The van der Waals surface area contributed by atoms with E-state index in [0.717, 1.165) is 17.7 Å². The maximum Gasteiger partial charge on any atom is 0.237 e. The number of rotatable bonds is 8. The summed E-state index contributed by atoms with van der Waals surface area (Å²) in [6, 6.07) is 14.9. The Bertz CT molecular complexity index is 949.